The van der Waals surface area contributed by atoms with Crippen molar-refractivity contribution in [3.63, 3.8) is 0 Å². The Bertz CT molecular complexity index is 1020. The van der Waals surface area contributed by atoms with Crippen molar-refractivity contribution in [2.24, 2.45) is 0 Å². The van der Waals surface area contributed by atoms with Gasteiger partial charge in [-0.25, -0.2) is 4.98 Å². The molecule has 2 aromatic rings. The number of hydrogen-bond acceptors (Lipinski definition) is 5. The molecule has 0 spiro atoms. The summed E-state index contributed by atoms with van der Waals surface area (Å²) in [4.78, 5) is 57.0. The molecule has 1 unspecified atom stereocenters. The van der Waals surface area contributed by atoms with Gasteiger partial charge in [0.1, 0.15) is 11.9 Å². The number of benzene rings is 1. The molecule has 4 amide bonds. The molecule has 3 rings (SSSR count). The molecule has 0 saturated carbocycles. The molecule has 0 radical (unpaired) electrons. The minimum Gasteiger partial charge on any atom is -0.347 e. The summed E-state index contributed by atoms with van der Waals surface area (Å²) in [5.74, 6) is -1.04. The standard InChI is InChI=1S/C23H26ClN5O4/c1-28(2)23(33)18(13-20(30)27-19-11-8-16(24)14-25-19)26-22(32)15-6-9-17(10-7-15)29-12-4-3-5-21(29)31/h6-11,14,18H,3-5,12-13H2,1-2H3,(H,26,32)(H,25,27,30). The summed E-state index contributed by atoms with van der Waals surface area (Å²) >= 11 is 5.79. The van der Waals surface area contributed by atoms with Crippen molar-refractivity contribution in [2.75, 3.05) is 30.9 Å². The van der Waals surface area contributed by atoms with E-state index in [4.69, 9.17) is 11.6 Å². The molecule has 1 aromatic carbocycles. The van der Waals surface area contributed by atoms with Crippen molar-refractivity contribution in [3.05, 3.63) is 53.2 Å². The Morgan fingerprint density at radius 3 is 2.45 bits per heavy atom. The van der Waals surface area contributed by atoms with E-state index < -0.39 is 23.8 Å². The molecule has 1 aliphatic heterocycles. The maximum atomic E-state index is 12.8. The Hall–Kier alpha value is -3.46. The second-order valence-corrected chi connectivity index (χ2v) is 8.36. The molecule has 1 aliphatic rings. The minimum absolute atomic E-state index is 0.0660. The second kappa shape index (κ2) is 10.9. The van der Waals surface area contributed by atoms with Gasteiger partial charge in [0, 0.05) is 44.5 Å². The van der Waals surface area contributed by atoms with E-state index in [1.54, 1.807) is 49.3 Å². The highest BCUT2D eigenvalue weighted by molar-refractivity contribution is 6.30. The number of amides is 4. The van der Waals surface area contributed by atoms with Gasteiger partial charge in [-0.05, 0) is 49.2 Å². The Kier molecular flexibility index (Phi) is 8.00. The monoisotopic (exact) mass is 471 g/mol. The molecule has 1 fully saturated rings. The van der Waals surface area contributed by atoms with Crippen LogP contribution in [-0.2, 0) is 14.4 Å². The van der Waals surface area contributed by atoms with Crippen molar-refractivity contribution < 1.29 is 19.2 Å². The van der Waals surface area contributed by atoms with Crippen LogP contribution < -0.4 is 15.5 Å². The van der Waals surface area contributed by atoms with E-state index in [0.29, 0.717) is 23.6 Å². The van der Waals surface area contributed by atoms with Gasteiger partial charge in [0.15, 0.2) is 0 Å². The number of nitrogens with one attached hydrogen (secondary N) is 2. The number of likely N-dealkylation sites (N-methyl/N-ethyl adjacent to an activating group) is 1. The summed E-state index contributed by atoms with van der Waals surface area (Å²) in [6.07, 6.45) is 3.47. The van der Waals surface area contributed by atoms with Crippen molar-refractivity contribution in [2.45, 2.75) is 31.7 Å². The van der Waals surface area contributed by atoms with Crippen LogP contribution in [0.1, 0.15) is 36.0 Å². The predicted octanol–water partition coefficient (Wildman–Crippen LogP) is 2.47. The molecule has 1 atom stereocenters. The third-order valence-electron chi connectivity index (χ3n) is 5.19. The summed E-state index contributed by atoms with van der Waals surface area (Å²) in [5.41, 5.74) is 1.05. The molecule has 1 aromatic heterocycles. The van der Waals surface area contributed by atoms with Gasteiger partial charge >= 0.3 is 0 Å². The van der Waals surface area contributed by atoms with Crippen LogP contribution in [0.2, 0.25) is 5.02 Å². The molecule has 9 nitrogen and oxygen atoms in total. The summed E-state index contributed by atoms with van der Waals surface area (Å²) in [5, 5.41) is 5.65. The first-order chi connectivity index (χ1) is 15.7. The van der Waals surface area contributed by atoms with Gasteiger partial charge in [-0.2, -0.15) is 0 Å². The number of carbonyl (C=O) groups is 4. The van der Waals surface area contributed by atoms with Gasteiger partial charge in [0.05, 0.1) is 11.4 Å². The fraction of sp³-hybridized carbons (Fsp3) is 0.348. The van der Waals surface area contributed by atoms with Crippen molar-refractivity contribution in [1.29, 1.82) is 0 Å². The van der Waals surface area contributed by atoms with E-state index in [0.717, 1.165) is 18.5 Å². The summed E-state index contributed by atoms with van der Waals surface area (Å²) in [6, 6.07) is 8.66. The minimum atomic E-state index is -1.07. The number of aromatic nitrogens is 1. The smallest absolute Gasteiger partial charge is 0.251 e. The number of nitrogens with zero attached hydrogens (tertiary/aromatic N) is 3. The van der Waals surface area contributed by atoms with Gasteiger partial charge in [0.2, 0.25) is 17.7 Å². The van der Waals surface area contributed by atoms with Gasteiger partial charge in [-0.1, -0.05) is 11.6 Å². The number of carbonyl (C=O) groups excluding carboxylic acids is 4. The lowest BCUT2D eigenvalue weighted by Gasteiger charge is -2.27. The molecular formula is C23H26ClN5O4. The zero-order chi connectivity index (χ0) is 24.0. The van der Waals surface area contributed by atoms with E-state index in [2.05, 4.69) is 15.6 Å². The lowest BCUT2D eigenvalue weighted by Crippen LogP contribution is -2.48. The highest BCUT2D eigenvalue weighted by atomic mass is 35.5. The number of halogens is 1. The molecule has 33 heavy (non-hydrogen) atoms. The van der Waals surface area contributed by atoms with Gasteiger partial charge < -0.3 is 20.4 Å². The topological polar surface area (TPSA) is 112 Å². The van der Waals surface area contributed by atoms with Crippen LogP contribution in [0.15, 0.2) is 42.6 Å². The Morgan fingerprint density at radius 2 is 1.85 bits per heavy atom. The third-order valence-corrected chi connectivity index (χ3v) is 5.42. The number of rotatable bonds is 7. The quantitative estimate of drug-likeness (QED) is 0.644. The molecule has 1 saturated heterocycles. The Balaban J connectivity index is 1.67. The highest BCUT2D eigenvalue weighted by Crippen LogP contribution is 2.21. The largest absolute Gasteiger partial charge is 0.347 e. The van der Waals surface area contributed by atoms with Crippen LogP contribution in [0.25, 0.3) is 0 Å². The van der Waals surface area contributed by atoms with E-state index in [1.165, 1.54) is 17.2 Å². The van der Waals surface area contributed by atoms with Gasteiger partial charge in [-0.15, -0.1) is 0 Å². The molecule has 10 heteroatoms. The Morgan fingerprint density at radius 1 is 1.12 bits per heavy atom. The number of hydrogen-bond donors (Lipinski definition) is 2. The lowest BCUT2D eigenvalue weighted by molar-refractivity contribution is -0.132. The molecule has 174 valence electrons. The molecule has 0 aliphatic carbocycles. The maximum Gasteiger partial charge on any atom is 0.251 e. The third kappa shape index (κ3) is 6.52. The van der Waals surface area contributed by atoms with Gasteiger partial charge in [-0.3, -0.25) is 19.2 Å². The average molecular weight is 472 g/mol. The average Bonchev–Trinajstić information content (AvgIpc) is 2.80. The van der Waals surface area contributed by atoms with Crippen LogP contribution in [0.3, 0.4) is 0 Å². The summed E-state index contributed by atoms with van der Waals surface area (Å²) in [7, 11) is 3.09. The summed E-state index contributed by atoms with van der Waals surface area (Å²) < 4.78 is 0. The van der Waals surface area contributed by atoms with E-state index in [9.17, 15) is 19.2 Å². The molecule has 2 N–H and O–H groups in total. The summed E-state index contributed by atoms with van der Waals surface area (Å²) in [6.45, 7) is 0.654. The SMILES string of the molecule is CN(C)C(=O)C(CC(=O)Nc1ccc(Cl)cn1)NC(=O)c1ccc(N2CCCCC2=O)cc1. The second-order valence-electron chi connectivity index (χ2n) is 7.92. The predicted molar refractivity (Wildman–Crippen MR) is 125 cm³/mol. The number of pyridine rings is 1. The molecular weight excluding hydrogens is 446 g/mol. The zero-order valence-electron chi connectivity index (χ0n) is 18.5. The van der Waals surface area contributed by atoms with E-state index in [-0.39, 0.29) is 18.1 Å². The first-order valence-electron chi connectivity index (χ1n) is 10.6. The number of piperidine rings is 1. The maximum absolute atomic E-state index is 12.8. The van der Waals surface area contributed by atoms with Gasteiger partial charge in [0.25, 0.3) is 5.91 Å². The zero-order valence-corrected chi connectivity index (χ0v) is 19.3. The van der Waals surface area contributed by atoms with E-state index >= 15 is 0 Å². The molecule has 2 heterocycles. The van der Waals surface area contributed by atoms with Crippen LogP contribution in [0.4, 0.5) is 11.5 Å². The van der Waals surface area contributed by atoms with Crippen molar-refractivity contribution in [3.8, 4) is 0 Å². The van der Waals surface area contributed by atoms with Crippen LogP contribution in [0.5, 0.6) is 0 Å². The van der Waals surface area contributed by atoms with Crippen LogP contribution >= 0.6 is 11.6 Å². The normalized spacial score (nSPS) is 14.4. The number of anilines is 2. The lowest BCUT2D eigenvalue weighted by atomic mass is 10.1. The Labute approximate surface area is 197 Å². The highest BCUT2D eigenvalue weighted by Gasteiger charge is 2.26. The van der Waals surface area contributed by atoms with Crippen LogP contribution in [-0.4, -0.2) is 60.2 Å². The first kappa shape index (κ1) is 24.2. The fourth-order valence-corrected chi connectivity index (χ4v) is 3.57. The van der Waals surface area contributed by atoms with Crippen molar-refractivity contribution in [1.82, 2.24) is 15.2 Å². The van der Waals surface area contributed by atoms with Crippen molar-refractivity contribution >= 4 is 46.7 Å². The first-order valence-corrected chi connectivity index (χ1v) is 11.0. The fourth-order valence-electron chi connectivity index (χ4n) is 3.45. The van der Waals surface area contributed by atoms with E-state index in [1.807, 2.05) is 0 Å². The van der Waals surface area contributed by atoms with Crippen LogP contribution in [0, 0.1) is 0 Å². The molecule has 0 bridgehead atoms.